The lowest BCUT2D eigenvalue weighted by atomic mass is 9.88. The number of hydrogen-bond donors (Lipinski definition) is 1. The van der Waals surface area contributed by atoms with E-state index in [4.69, 9.17) is 0 Å². The van der Waals surface area contributed by atoms with Gasteiger partial charge in [-0.25, -0.2) is 4.39 Å². The maximum Gasteiger partial charge on any atom is 0.125 e. The van der Waals surface area contributed by atoms with Gasteiger partial charge in [0.15, 0.2) is 0 Å². The number of anilines is 1. The van der Waals surface area contributed by atoms with E-state index >= 15 is 0 Å². The fourth-order valence-corrected chi connectivity index (χ4v) is 3.22. The Bertz CT molecular complexity index is 374. The maximum atomic E-state index is 13.2. The Morgan fingerprint density at radius 3 is 2.65 bits per heavy atom. The summed E-state index contributed by atoms with van der Waals surface area (Å²) in [5, 5.41) is 0. The van der Waals surface area contributed by atoms with Gasteiger partial charge >= 0.3 is 0 Å². The third-order valence-electron chi connectivity index (χ3n) is 3.82. The fraction of sp³-hybridized carbons (Fsp3) is 0.571. The number of benzene rings is 1. The highest BCUT2D eigenvalue weighted by molar-refractivity contribution is 7.80. The molecule has 0 bridgehead atoms. The van der Waals surface area contributed by atoms with Gasteiger partial charge < -0.3 is 4.90 Å². The lowest BCUT2D eigenvalue weighted by Gasteiger charge is -2.33. The van der Waals surface area contributed by atoms with E-state index in [2.05, 4.69) is 17.5 Å². The van der Waals surface area contributed by atoms with Crippen molar-refractivity contribution < 1.29 is 4.39 Å². The first kappa shape index (κ1) is 12.7. The van der Waals surface area contributed by atoms with Crippen molar-refractivity contribution in [1.82, 2.24) is 0 Å². The van der Waals surface area contributed by atoms with Crippen molar-refractivity contribution in [3.63, 3.8) is 0 Å². The molecule has 3 heteroatoms. The number of thiol groups is 1. The molecule has 0 atom stereocenters. The van der Waals surface area contributed by atoms with Gasteiger partial charge in [-0.05, 0) is 42.2 Å². The fourth-order valence-electron chi connectivity index (χ4n) is 2.80. The van der Waals surface area contributed by atoms with Crippen LogP contribution < -0.4 is 4.90 Å². The zero-order valence-corrected chi connectivity index (χ0v) is 11.2. The van der Waals surface area contributed by atoms with E-state index in [1.54, 1.807) is 12.1 Å². The minimum Gasteiger partial charge on any atom is -0.374 e. The SMILES string of the molecule is CN(CC1(CS)CCCC1)c1cccc(F)c1. The predicted octanol–water partition coefficient (Wildman–Crippen LogP) is 3.75. The highest BCUT2D eigenvalue weighted by Crippen LogP contribution is 2.40. The highest BCUT2D eigenvalue weighted by Gasteiger charge is 2.33. The maximum absolute atomic E-state index is 13.2. The van der Waals surface area contributed by atoms with Crippen LogP contribution in [-0.2, 0) is 0 Å². The topological polar surface area (TPSA) is 3.24 Å². The summed E-state index contributed by atoms with van der Waals surface area (Å²) in [6, 6.07) is 6.82. The largest absolute Gasteiger partial charge is 0.374 e. The van der Waals surface area contributed by atoms with Crippen LogP contribution in [0, 0.1) is 11.2 Å². The van der Waals surface area contributed by atoms with E-state index in [1.165, 1.54) is 31.7 Å². The summed E-state index contributed by atoms with van der Waals surface area (Å²) in [6.07, 6.45) is 5.10. The second-order valence-electron chi connectivity index (χ2n) is 5.20. The molecule has 1 aromatic rings. The molecule has 1 nitrogen and oxygen atoms in total. The Morgan fingerprint density at radius 2 is 2.06 bits per heavy atom. The summed E-state index contributed by atoms with van der Waals surface area (Å²) in [5.74, 6) is 0.757. The van der Waals surface area contributed by atoms with Gasteiger partial charge in [-0.1, -0.05) is 18.9 Å². The average Bonchev–Trinajstić information content (AvgIpc) is 2.78. The minimum atomic E-state index is -0.166. The zero-order valence-electron chi connectivity index (χ0n) is 10.3. The van der Waals surface area contributed by atoms with Crippen molar-refractivity contribution in [2.75, 3.05) is 24.2 Å². The van der Waals surface area contributed by atoms with Crippen LogP contribution in [0.2, 0.25) is 0 Å². The molecule has 0 aliphatic heterocycles. The Balaban J connectivity index is 2.07. The van der Waals surface area contributed by atoms with Gasteiger partial charge in [-0.3, -0.25) is 0 Å². The Kier molecular flexibility index (Phi) is 3.97. The Hall–Kier alpha value is -0.700. The predicted molar refractivity (Wildman–Crippen MR) is 74.4 cm³/mol. The van der Waals surface area contributed by atoms with Gasteiger partial charge in [0.25, 0.3) is 0 Å². The van der Waals surface area contributed by atoms with Crippen LogP contribution in [0.3, 0.4) is 0 Å². The van der Waals surface area contributed by atoms with E-state index in [-0.39, 0.29) is 5.82 Å². The van der Waals surface area contributed by atoms with Crippen LogP contribution in [0.4, 0.5) is 10.1 Å². The van der Waals surface area contributed by atoms with Gasteiger partial charge in [-0.15, -0.1) is 0 Å². The molecule has 0 N–H and O–H groups in total. The van der Waals surface area contributed by atoms with E-state index in [0.717, 1.165) is 18.0 Å². The first-order valence-electron chi connectivity index (χ1n) is 6.23. The smallest absolute Gasteiger partial charge is 0.125 e. The van der Waals surface area contributed by atoms with Gasteiger partial charge in [0.1, 0.15) is 5.82 Å². The van der Waals surface area contributed by atoms with E-state index in [1.807, 2.05) is 13.1 Å². The minimum absolute atomic E-state index is 0.166. The second-order valence-corrected chi connectivity index (χ2v) is 5.52. The standard InChI is InChI=1S/C14H20FNS/c1-16(13-6-4-5-12(15)9-13)10-14(11-17)7-2-3-8-14/h4-6,9,17H,2-3,7-8,10-11H2,1H3. The molecule has 1 aliphatic carbocycles. The molecule has 0 unspecified atom stereocenters. The molecule has 1 aliphatic rings. The van der Waals surface area contributed by atoms with Crippen molar-refractivity contribution in [2.45, 2.75) is 25.7 Å². The molecule has 1 aromatic carbocycles. The number of nitrogens with zero attached hydrogens (tertiary/aromatic N) is 1. The lowest BCUT2D eigenvalue weighted by molar-refractivity contribution is 0.354. The van der Waals surface area contributed by atoms with E-state index < -0.39 is 0 Å². The Labute approximate surface area is 108 Å². The third-order valence-corrected chi connectivity index (χ3v) is 4.49. The second kappa shape index (κ2) is 5.30. The lowest BCUT2D eigenvalue weighted by Crippen LogP contribution is -2.35. The van der Waals surface area contributed by atoms with Gasteiger partial charge in [0, 0.05) is 19.3 Å². The van der Waals surface area contributed by atoms with Crippen LogP contribution in [-0.4, -0.2) is 19.3 Å². The summed E-state index contributed by atoms with van der Waals surface area (Å²) in [6.45, 7) is 0.972. The van der Waals surface area contributed by atoms with Crippen LogP contribution in [0.1, 0.15) is 25.7 Å². The summed E-state index contributed by atoms with van der Waals surface area (Å²) < 4.78 is 13.2. The van der Waals surface area contributed by atoms with Crippen molar-refractivity contribution in [1.29, 1.82) is 0 Å². The molecule has 94 valence electrons. The summed E-state index contributed by atoms with van der Waals surface area (Å²) in [4.78, 5) is 2.16. The zero-order chi connectivity index (χ0) is 12.3. The highest BCUT2D eigenvalue weighted by atomic mass is 32.1. The molecular weight excluding hydrogens is 233 g/mol. The van der Waals surface area contributed by atoms with E-state index in [9.17, 15) is 4.39 Å². The molecule has 1 fully saturated rings. The van der Waals surface area contributed by atoms with Crippen molar-refractivity contribution in [3.8, 4) is 0 Å². The molecule has 0 radical (unpaired) electrons. The van der Waals surface area contributed by atoms with Crippen LogP contribution in [0.15, 0.2) is 24.3 Å². The number of halogens is 1. The van der Waals surface area contributed by atoms with Crippen LogP contribution in [0.5, 0.6) is 0 Å². The van der Waals surface area contributed by atoms with Crippen molar-refractivity contribution >= 4 is 18.3 Å². The molecule has 0 spiro atoms. The van der Waals surface area contributed by atoms with Crippen LogP contribution >= 0.6 is 12.6 Å². The molecule has 0 saturated heterocycles. The molecule has 0 amide bonds. The first-order chi connectivity index (χ1) is 8.15. The summed E-state index contributed by atoms with van der Waals surface area (Å²) >= 11 is 4.51. The monoisotopic (exact) mass is 253 g/mol. The van der Waals surface area contributed by atoms with Gasteiger partial charge in [-0.2, -0.15) is 12.6 Å². The molecule has 17 heavy (non-hydrogen) atoms. The first-order valence-corrected chi connectivity index (χ1v) is 6.86. The van der Waals surface area contributed by atoms with Gasteiger partial charge in [0.2, 0.25) is 0 Å². The molecule has 1 saturated carbocycles. The van der Waals surface area contributed by atoms with Gasteiger partial charge in [0.05, 0.1) is 0 Å². The van der Waals surface area contributed by atoms with Crippen molar-refractivity contribution in [2.24, 2.45) is 5.41 Å². The average molecular weight is 253 g/mol. The molecular formula is C14H20FNS. The van der Waals surface area contributed by atoms with Crippen molar-refractivity contribution in [3.05, 3.63) is 30.1 Å². The van der Waals surface area contributed by atoms with Crippen LogP contribution in [0.25, 0.3) is 0 Å². The summed E-state index contributed by atoms with van der Waals surface area (Å²) in [7, 11) is 2.04. The third kappa shape index (κ3) is 2.95. The number of rotatable bonds is 4. The molecule has 0 heterocycles. The molecule has 2 rings (SSSR count). The normalized spacial score (nSPS) is 18.3. The van der Waals surface area contributed by atoms with E-state index in [0.29, 0.717) is 5.41 Å². The quantitative estimate of drug-likeness (QED) is 0.800. The number of hydrogen-bond acceptors (Lipinski definition) is 2. The Morgan fingerprint density at radius 1 is 1.35 bits per heavy atom. The molecule has 0 aromatic heterocycles. The summed E-state index contributed by atoms with van der Waals surface area (Å²) in [5.41, 5.74) is 1.28.